The lowest BCUT2D eigenvalue weighted by molar-refractivity contribution is 0.116. The van der Waals surface area contributed by atoms with Gasteiger partial charge in [0.1, 0.15) is 0 Å². The lowest BCUT2D eigenvalue weighted by Gasteiger charge is -2.38. The van der Waals surface area contributed by atoms with E-state index in [1.165, 1.54) is 0 Å². The summed E-state index contributed by atoms with van der Waals surface area (Å²) >= 11 is 0. The van der Waals surface area contributed by atoms with E-state index < -0.39 is 0 Å². The number of aliphatic imine (C=N–C) groups is 1. The van der Waals surface area contributed by atoms with Crippen molar-refractivity contribution < 1.29 is 5.11 Å². The van der Waals surface area contributed by atoms with E-state index in [2.05, 4.69) is 55.3 Å². The third-order valence-corrected chi connectivity index (χ3v) is 4.68. The third kappa shape index (κ3) is 10.6. The van der Waals surface area contributed by atoms with Gasteiger partial charge in [0.25, 0.3) is 0 Å². The van der Waals surface area contributed by atoms with Crippen molar-refractivity contribution >= 4 is 29.9 Å². The van der Waals surface area contributed by atoms with Gasteiger partial charge in [0.05, 0.1) is 0 Å². The fourth-order valence-electron chi connectivity index (χ4n) is 3.23. The van der Waals surface area contributed by atoms with Crippen LogP contribution in [0, 0.1) is 11.8 Å². The van der Waals surface area contributed by atoms with Crippen molar-refractivity contribution in [1.82, 2.24) is 20.4 Å². The highest BCUT2D eigenvalue weighted by Gasteiger charge is 2.22. The van der Waals surface area contributed by atoms with Crippen LogP contribution in [0.25, 0.3) is 0 Å². The van der Waals surface area contributed by atoms with Crippen LogP contribution in [0.2, 0.25) is 0 Å². The molecule has 0 saturated carbocycles. The summed E-state index contributed by atoms with van der Waals surface area (Å²) in [4.78, 5) is 9.57. The Bertz CT molecular complexity index is 367. The summed E-state index contributed by atoms with van der Waals surface area (Å²) < 4.78 is 0. The van der Waals surface area contributed by atoms with Gasteiger partial charge < -0.3 is 20.6 Å². The number of likely N-dealkylation sites (N-methyl/N-ethyl adjacent to an activating group) is 2. The average Bonchev–Trinajstić information content (AvgIpc) is 2.52. The first-order valence-corrected chi connectivity index (χ1v) is 9.48. The van der Waals surface area contributed by atoms with Crippen LogP contribution in [0.15, 0.2) is 4.99 Å². The molecule has 7 heteroatoms. The molecular formula is C18H40IN5O. The Balaban J connectivity index is 0.00000576. The van der Waals surface area contributed by atoms with Crippen molar-refractivity contribution in [3.63, 3.8) is 0 Å². The Kier molecular flexibility index (Phi) is 13.9. The standard InChI is InChI=1S/C18H39N5O.HI/c1-6-19-18(20-12-16(7-10-24)11-15(2)3)21-13-17-14-22(4)8-9-23(17)5;/h15-17,24H,6-14H2,1-5H3,(H2,19,20,21);1H. The number of nitrogens with one attached hydrogen (secondary N) is 2. The highest BCUT2D eigenvalue weighted by atomic mass is 127. The molecule has 6 nitrogen and oxygen atoms in total. The molecule has 0 spiro atoms. The van der Waals surface area contributed by atoms with Crippen LogP contribution in [0.3, 0.4) is 0 Å². The van der Waals surface area contributed by atoms with Crippen LogP contribution in [-0.4, -0.2) is 86.9 Å². The maximum Gasteiger partial charge on any atom is 0.191 e. The van der Waals surface area contributed by atoms with E-state index in [9.17, 15) is 5.11 Å². The van der Waals surface area contributed by atoms with E-state index in [1.54, 1.807) is 0 Å². The van der Waals surface area contributed by atoms with Crippen LogP contribution < -0.4 is 10.6 Å². The summed E-state index contributed by atoms with van der Waals surface area (Å²) in [6.07, 6.45) is 1.94. The Labute approximate surface area is 171 Å². The highest BCUT2D eigenvalue weighted by Crippen LogP contribution is 2.15. The predicted molar refractivity (Wildman–Crippen MR) is 118 cm³/mol. The van der Waals surface area contributed by atoms with E-state index in [4.69, 9.17) is 4.99 Å². The molecule has 1 rings (SSSR count). The number of aliphatic hydroxyl groups is 1. The first kappa shape index (κ1) is 24.9. The quantitative estimate of drug-likeness (QED) is 0.271. The minimum absolute atomic E-state index is 0. The molecule has 0 aliphatic carbocycles. The molecule has 1 aliphatic heterocycles. The van der Waals surface area contributed by atoms with Gasteiger partial charge >= 0.3 is 0 Å². The van der Waals surface area contributed by atoms with Crippen LogP contribution in [-0.2, 0) is 0 Å². The summed E-state index contributed by atoms with van der Waals surface area (Å²) in [6, 6.07) is 0.511. The molecule has 1 saturated heterocycles. The maximum atomic E-state index is 9.26. The summed E-state index contributed by atoms with van der Waals surface area (Å²) in [7, 11) is 4.38. The fourth-order valence-corrected chi connectivity index (χ4v) is 3.23. The van der Waals surface area contributed by atoms with E-state index in [0.29, 0.717) is 17.9 Å². The van der Waals surface area contributed by atoms with Gasteiger partial charge in [-0.3, -0.25) is 9.89 Å². The second-order valence-corrected chi connectivity index (χ2v) is 7.51. The molecule has 0 aromatic carbocycles. The first-order valence-electron chi connectivity index (χ1n) is 9.48. The van der Waals surface area contributed by atoms with Crippen LogP contribution >= 0.6 is 24.0 Å². The van der Waals surface area contributed by atoms with Gasteiger partial charge in [0.2, 0.25) is 0 Å². The largest absolute Gasteiger partial charge is 0.396 e. The Hall–Kier alpha value is -0.120. The third-order valence-electron chi connectivity index (χ3n) is 4.68. The Morgan fingerprint density at radius 3 is 2.56 bits per heavy atom. The number of hydrogen-bond donors (Lipinski definition) is 3. The summed E-state index contributed by atoms with van der Waals surface area (Å²) in [5, 5.41) is 16.1. The lowest BCUT2D eigenvalue weighted by atomic mass is 9.94. The highest BCUT2D eigenvalue weighted by molar-refractivity contribution is 14.0. The molecule has 0 aromatic rings. The van der Waals surface area contributed by atoms with E-state index in [0.717, 1.165) is 58.1 Å². The van der Waals surface area contributed by atoms with Gasteiger partial charge in [-0.2, -0.15) is 0 Å². The number of rotatable bonds is 9. The van der Waals surface area contributed by atoms with E-state index in [1.807, 2.05) is 0 Å². The number of hydrogen-bond acceptors (Lipinski definition) is 4. The smallest absolute Gasteiger partial charge is 0.191 e. The summed E-state index contributed by atoms with van der Waals surface area (Å²) in [5.74, 6) is 1.98. The molecule has 0 radical (unpaired) electrons. The van der Waals surface area contributed by atoms with E-state index in [-0.39, 0.29) is 30.6 Å². The molecular weight excluding hydrogens is 429 g/mol. The first-order chi connectivity index (χ1) is 11.5. The summed E-state index contributed by atoms with van der Waals surface area (Å²) in [5.41, 5.74) is 0. The van der Waals surface area contributed by atoms with Gasteiger partial charge in [-0.15, -0.1) is 24.0 Å². The fraction of sp³-hybridized carbons (Fsp3) is 0.944. The van der Waals surface area contributed by atoms with Crippen LogP contribution in [0.4, 0.5) is 0 Å². The van der Waals surface area contributed by atoms with Crippen molar-refractivity contribution in [2.75, 3.05) is 60.0 Å². The van der Waals surface area contributed by atoms with Crippen molar-refractivity contribution in [1.29, 1.82) is 0 Å². The molecule has 2 atom stereocenters. The molecule has 3 N–H and O–H groups in total. The molecule has 0 amide bonds. The number of halogens is 1. The molecule has 25 heavy (non-hydrogen) atoms. The Morgan fingerprint density at radius 1 is 1.24 bits per heavy atom. The number of guanidine groups is 1. The van der Waals surface area contributed by atoms with Crippen LogP contribution in [0.5, 0.6) is 0 Å². The van der Waals surface area contributed by atoms with Crippen molar-refractivity contribution in [3.8, 4) is 0 Å². The number of nitrogens with zero attached hydrogens (tertiary/aromatic N) is 3. The lowest BCUT2D eigenvalue weighted by Crippen LogP contribution is -2.55. The van der Waals surface area contributed by atoms with Crippen molar-refractivity contribution in [2.24, 2.45) is 16.8 Å². The number of aliphatic hydroxyl groups excluding tert-OH is 1. The monoisotopic (exact) mass is 469 g/mol. The van der Waals surface area contributed by atoms with Gasteiger partial charge in [-0.1, -0.05) is 13.8 Å². The van der Waals surface area contributed by atoms with Crippen LogP contribution in [0.1, 0.15) is 33.6 Å². The van der Waals surface area contributed by atoms with Gasteiger partial charge in [-0.05, 0) is 45.7 Å². The normalized spacial score (nSPS) is 21.1. The molecule has 0 bridgehead atoms. The molecule has 0 aromatic heterocycles. The second-order valence-electron chi connectivity index (χ2n) is 7.51. The second kappa shape index (κ2) is 14.0. The minimum Gasteiger partial charge on any atom is -0.396 e. The molecule has 1 heterocycles. The molecule has 1 aliphatic rings. The zero-order valence-corrected chi connectivity index (χ0v) is 19.1. The van der Waals surface area contributed by atoms with Gasteiger partial charge in [-0.25, -0.2) is 0 Å². The van der Waals surface area contributed by atoms with Crippen molar-refractivity contribution in [3.05, 3.63) is 0 Å². The summed E-state index contributed by atoms with van der Waals surface area (Å²) in [6.45, 7) is 12.7. The van der Waals surface area contributed by atoms with Crippen molar-refractivity contribution in [2.45, 2.75) is 39.7 Å². The van der Waals surface area contributed by atoms with Gasteiger partial charge in [0, 0.05) is 51.9 Å². The predicted octanol–water partition coefficient (Wildman–Crippen LogP) is 1.45. The maximum absolute atomic E-state index is 9.26. The molecule has 2 unspecified atom stereocenters. The van der Waals surface area contributed by atoms with Gasteiger partial charge in [0.15, 0.2) is 5.96 Å². The zero-order valence-electron chi connectivity index (χ0n) is 16.8. The average molecular weight is 469 g/mol. The topological polar surface area (TPSA) is 63.1 Å². The van der Waals surface area contributed by atoms with E-state index >= 15 is 0 Å². The minimum atomic E-state index is 0. The Morgan fingerprint density at radius 2 is 1.96 bits per heavy atom. The zero-order chi connectivity index (χ0) is 17.9. The SMILES string of the molecule is CCNC(=NCC(CCO)CC(C)C)NCC1CN(C)CCN1C.I. The number of piperazine rings is 1. The molecule has 1 fully saturated rings. The molecule has 150 valence electrons.